The predicted octanol–water partition coefficient (Wildman–Crippen LogP) is 5.70. The van der Waals surface area contributed by atoms with E-state index in [2.05, 4.69) is 81.9 Å². The van der Waals surface area contributed by atoms with Crippen molar-refractivity contribution in [3.63, 3.8) is 0 Å². The standard InChI is InChI=1S/C21H15N3S/c1-22-21(23-2)24-16-9-5-3-8-15(16)19-17(24)12-11-14-13-7-4-6-10-18(13)25-20(14)19/h3-12H,1H2,2H3/b23-21+. The van der Waals surface area contributed by atoms with E-state index < -0.39 is 0 Å². The number of nitrogens with zero attached hydrogens (tertiary/aromatic N) is 3. The molecule has 0 saturated carbocycles. The number of aliphatic imine (C=N–C) groups is 2. The minimum atomic E-state index is 0.617. The molecular formula is C21H15N3S. The predicted molar refractivity (Wildman–Crippen MR) is 111 cm³/mol. The summed E-state index contributed by atoms with van der Waals surface area (Å²) in [5, 5.41) is 5.10. The Morgan fingerprint density at radius 3 is 2.44 bits per heavy atom. The maximum absolute atomic E-state index is 4.33. The smallest absolute Gasteiger partial charge is 0.229 e. The van der Waals surface area contributed by atoms with Gasteiger partial charge in [0, 0.05) is 38.0 Å². The normalized spacial score (nSPS) is 12.6. The van der Waals surface area contributed by atoms with E-state index in [1.54, 1.807) is 7.05 Å². The Morgan fingerprint density at radius 2 is 1.64 bits per heavy atom. The van der Waals surface area contributed by atoms with Crippen molar-refractivity contribution in [2.75, 3.05) is 7.05 Å². The maximum Gasteiger partial charge on any atom is 0.229 e. The van der Waals surface area contributed by atoms with Crippen molar-refractivity contribution in [1.82, 2.24) is 4.57 Å². The summed E-state index contributed by atoms with van der Waals surface area (Å²) in [6, 6.07) is 21.4. The first-order chi connectivity index (χ1) is 12.3. The number of aromatic nitrogens is 1. The molecule has 0 bridgehead atoms. The zero-order chi connectivity index (χ0) is 17.0. The molecular weight excluding hydrogens is 326 g/mol. The molecule has 3 aromatic carbocycles. The molecule has 5 rings (SSSR count). The quantitative estimate of drug-likeness (QED) is 0.255. The van der Waals surface area contributed by atoms with Crippen LogP contribution in [0, 0.1) is 0 Å². The van der Waals surface area contributed by atoms with Crippen LogP contribution in [0.3, 0.4) is 0 Å². The molecule has 0 radical (unpaired) electrons. The zero-order valence-corrected chi connectivity index (χ0v) is 14.5. The van der Waals surface area contributed by atoms with Gasteiger partial charge >= 0.3 is 0 Å². The van der Waals surface area contributed by atoms with E-state index >= 15 is 0 Å². The minimum Gasteiger partial charge on any atom is -0.278 e. The molecule has 3 nitrogen and oxygen atoms in total. The highest BCUT2D eigenvalue weighted by Gasteiger charge is 2.17. The number of hydrogen-bond donors (Lipinski definition) is 0. The fourth-order valence-electron chi connectivity index (χ4n) is 3.69. The Bertz CT molecular complexity index is 1320. The van der Waals surface area contributed by atoms with Gasteiger partial charge in [0.15, 0.2) is 0 Å². The molecule has 5 aromatic rings. The van der Waals surface area contributed by atoms with E-state index in [0.29, 0.717) is 5.96 Å². The lowest BCUT2D eigenvalue weighted by Gasteiger charge is -2.05. The van der Waals surface area contributed by atoms with Crippen LogP contribution >= 0.6 is 11.3 Å². The molecule has 0 spiro atoms. The first-order valence-corrected chi connectivity index (χ1v) is 8.92. The average Bonchev–Trinajstić information content (AvgIpc) is 3.19. The van der Waals surface area contributed by atoms with Crippen molar-refractivity contribution in [2.24, 2.45) is 9.98 Å². The molecule has 2 aromatic heterocycles. The van der Waals surface area contributed by atoms with E-state index in [9.17, 15) is 0 Å². The second kappa shape index (κ2) is 5.26. The topological polar surface area (TPSA) is 29.6 Å². The van der Waals surface area contributed by atoms with Gasteiger partial charge in [-0.2, -0.15) is 0 Å². The van der Waals surface area contributed by atoms with Crippen molar-refractivity contribution in [3.05, 3.63) is 60.7 Å². The highest BCUT2D eigenvalue weighted by molar-refractivity contribution is 7.26. The number of rotatable bonds is 0. The number of thiophene rings is 1. The summed E-state index contributed by atoms with van der Waals surface area (Å²) in [6.45, 7) is 3.70. The molecule has 0 aliphatic heterocycles. The van der Waals surface area contributed by atoms with Gasteiger partial charge in [0.2, 0.25) is 5.96 Å². The van der Waals surface area contributed by atoms with Gasteiger partial charge in [-0.15, -0.1) is 11.3 Å². The van der Waals surface area contributed by atoms with Gasteiger partial charge in [0.05, 0.1) is 11.0 Å². The van der Waals surface area contributed by atoms with E-state index in [0.717, 1.165) is 11.0 Å². The van der Waals surface area contributed by atoms with E-state index in [1.165, 1.54) is 30.9 Å². The van der Waals surface area contributed by atoms with Crippen molar-refractivity contribution in [3.8, 4) is 0 Å². The van der Waals surface area contributed by atoms with Gasteiger partial charge in [-0.25, -0.2) is 4.99 Å². The minimum absolute atomic E-state index is 0.617. The Labute approximate surface area is 148 Å². The highest BCUT2D eigenvalue weighted by Crippen LogP contribution is 2.42. The Morgan fingerprint density at radius 1 is 0.880 bits per heavy atom. The molecule has 0 saturated heterocycles. The lowest BCUT2D eigenvalue weighted by atomic mass is 10.1. The van der Waals surface area contributed by atoms with Crippen LogP contribution in [0.15, 0.2) is 70.6 Å². The van der Waals surface area contributed by atoms with Crippen LogP contribution in [0.1, 0.15) is 0 Å². The van der Waals surface area contributed by atoms with Crippen molar-refractivity contribution in [1.29, 1.82) is 0 Å². The van der Waals surface area contributed by atoms with Crippen LogP contribution in [0.4, 0.5) is 0 Å². The zero-order valence-electron chi connectivity index (χ0n) is 13.7. The lowest BCUT2D eigenvalue weighted by molar-refractivity contribution is 1.20. The Kier molecular flexibility index (Phi) is 3.02. The number of fused-ring (bicyclic) bond motifs is 7. The molecule has 4 heteroatoms. The van der Waals surface area contributed by atoms with Crippen molar-refractivity contribution < 1.29 is 0 Å². The van der Waals surface area contributed by atoms with Crippen LogP contribution in [-0.2, 0) is 0 Å². The van der Waals surface area contributed by atoms with Crippen LogP contribution < -0.4 is 0 Å². The molecule has 120 valence electrons. The third-order valence-corrected chi connectivity index (χ3v) is 5.93. The highest BCUT2D eigenvalue weighted by atomic mass is 32.1. The molecule has 0 amide bonds. The monoisotopic (exact) mass is 341 g/mol. The van der Waals surface area contributed by atoms with E-state index in [1.807, 2.05) is 11.3 Å². The Balaban J connectivity index is 2.09. The number of hydrogen-bond acceptors (Lipinski definition) is 2. The first-order valence-electron chi connectivity index (χ1n) is 8.11. The molecule has 0 aliphatic carbocycles. The van der Waals surface area contributed by atoms with Crippen LogP contribution in [0.25, 0.3) is 42.0 Å². The number of benzene rings is 3. The first kappa shape index (κ1) is 14.4. The van der Waals surface area contributed by atoms with Crippen molar-refractivity contribution >= 4 is 66.0 Å². The van der Waals surface area contributed by atoms with Gasteiger partial charge in [-0.05, 0) is 24.9 Å². The van der Waals surface area contributed by atoms with Gasteiger partial charge in [0.1, 0.15) is 0 Å². The summed E-state index contributed by atoms with van der Waals surface area (Å²) in [4.78, 5) is 8.46. The Hall–Kier alpha value is -2.98. The van der Waals surface area contributed by atoms with Gasteiger partial charge in [-0.3, -0.25) is 9.56 Å². The third kappa shape index (κ3) is 1.86. The largest absolute Gasteiger partial charge is 0.278 e. The summed E-state index contributed by atoms with van der Waals surface area (Å²) in [5.41, 5.74) is 2.23. The molecule has 0 fully saturated rings. The van der Waals surface area contributed by atoms with E-state index in [-0.39, 0.29) is 0 Å². The summed E-state index contributed by atoms with van der Waals surface area (Å²) in [5.74, 6) is 0.617. The fraction of sp³-hybridized carbons (Fsp3) is 0.0476. The van der Waals surface area contributed by atoms with Crippen LogP contribution in [0.5, 0.6) is 0 Å². The summed E-state index contributed by atoms with van der Waals surface area (Å²) in [7, 11) is 1.75. The van der Waals surface area contributed by atoms with Gasteiger partial charge < -0.3 is 0 Å². The molecule has 2 heterocycles. The molecule has 0 N–H and O–H groups in total. The lowest BCUT2D eigenvalue weighted by Crippen LogP contribution is -2.07. The fourth-order valence-corrected chi connectivity index (χ4v) is 4.95. The maximum atomic E-state index is 4.33. The van der Waals surface area contributed by atoms with Gasteiger partial charge in [0.25, 0.3) is 0 Å². The van der Waals surface area contributed by atoms with E-state index in [4.69, 9.17) is 0 Å². The van der Waals surface area contributed by atoms with Crippen LogP contribution in [0.2, 0.25) is 0 Å². The molecule has 25 heavy (non-hydrogen) atoms. The third-order valence-electron chi connectivity index (χ3n) is 4.72. The van der Waals surface area contributed by atoms with Gasteiger partial charge in [-0.1, -0.05) is 42.5 Å². The summed E-state index contributed by atoms with van der Waals surface area (Å²) < 4.78 is 4.72. The van der Waals surface area contributed by atoms with Crippen molar-refractivity contribution in [2.45, 2.75) is 0 Å². The van der Waals surface area contributed by atoms with Crippen LogP contribution in [-0.4, -0.2) is 24.3 Å². The summed E-state index contributed by atoms with van der Waals surface area (Å²) >= 11 is 1.85. The second-order valence-corrected chi connectivity index (χ2v) is 7.02. The summed E-state index contributed by atoms with van der Waals surface area (Å²) in [6.07, 6.45) is 0. The second-order valence-electron chi connectivity index (χ2n) is 5.97. The molecule has 0 aliphatic rings. The molecule has 0 unspecified atom stereocenters. The number of para-hydroxylation sites is 1. The average molecular weight is 341 g/mol. The SMILES string of the molecule is C=N/C(=N\C)n1c2ccccc2c2c3sc4ccccc4c3ccc21. The molecule has 0 atom stereocenters.